The van der Waals surface area contributed by atoms with E-state index in [0.29, 0.717) is 0 Å². The molecule has 32 atom stereocenters. The summed E-state index contributed by atoms with van der Waals surface area (Å²) in [4.78, 5) is 0. The average molecular weight is 569 g/mol. The molecule has 0 amide bonds. The summed E-state index contributed by atoms with van der Waals surface area (Å²) in [7, 11) is 0. The Bertz CT molecular complexity index is 1890. The summed E-state index contributed by atoms with van der Waals surface area (Å²) in [5, 5.41) is 0. The van der Waals surface area contributed by atoms with Crippen molar-refractivity contribution in [3.05, 3.63) is 44.6 Å². The molecule has 0 heterocycles. The van der Waals surface area contributed by atoms with Crippen molar-refractivity contribution in [2.24, 2.45) is 189 Å². The highest BCUT2D eigenvalue weighted by Crippen LogP contribution is 2.99. The fourth-order valence-corrected chi connectivity index (χ4v) is 24.9. The minimum atomic E-state index is 1.11. The van der Waals surface area contributed by atoms with E-state index in [9.17, 15) is 0 Å². The number of hydrogen-bond acceptors (Lipinski definition) is 0. The number of fused-ring (bicyclic) bond motifs is 54. The monoisotopic (exact) mass is 568 g/mol. The summed E-state index contributed by atoms with van der Waals surface area (Å²) in [5.74, 6) is 38.9. The minimum Gasteiger partial charge on any atom is -0.0496 e. The van der Waals surface area contributed by atoms with E-state index >= 15 is 0 Å². The molecule has 21 rings (SSSR count). The van der Waals surface area contributed by atoms with Gasteiger partial charge in [0.2, 0.25) is 0 Å². The van der Waals surface area contributed by atoms with Gasteiger partial charge in [0.1, 0.15) is 0 Å². The Morgan fingerprint density at radius 2 is 0.386 bits per heavy atom. The van der Waals surface area contributed by atoms with Crippen LogP contribution in [-0.2, 0) is 0 Å². The molecule has 15 saturated carbocycles. The topological polar surface area (TPSA) is 0 Å². The molecule has 0 aromatic rings. The first-order valence-electron chi connectivity index (χ1n) is 20.9. The Morgan fingerprint density at radius 1 is 0.182 bits per heavy atom. The van der Waals surface area contributed by atoms with Gasteiger partial charge < -0.3 is 0 Å². The summed E-state index contributed by atoms with van der Waals surface area (Å²) < 4.78 is 0. The van der Waals surface area contributed by atoms with E-state index < -0.39 is 0 Å². The lowest BCUT2D eigenvalue weighted by atomic mass is 9.06. The molecule has 21 aliphatic carbocycles. The minimum absolute atomic E-state index is 1.11. The fraction of sp³-hybridized carbons (Fsp3) is 0.818. The molecular formula is C44H40. The van der Waals surface area contributed by atoms with Gasteiger partial charge in [-0.1, -0.05) is 0 Å². The Labute approximate surface area is 259 Å². The van der Waals surface area contributed by atoms with E-state index in [2.05, 4.69) is 33.4 Å². The molecule has 15 fully saturated rings. The molecule has 0 heteroatoms. The molecule has 21 aliphatic rings. The van der Waals surface area contributed by atoms with Crippen molar-refractivity contribution in [3.8, 4) is 0 Å². The molecule has 0 spiro atoms. The van der Waals surface area contributed by atoms with Gasteiger partial charge in [-0.15, -0.1) is 0 Å². The van der Waals surface area contributed by atoms with Crippen LogP contribution >= 0.6 is 0 Å². The molecular weight excluding hydrogens is 528 g/mol. The molecule has 0 nitrogen and oxygen atoms in total. The van der Waals surface area contributed by atoms with E-state index in [1.165, 1.54) is 142 Å². The Hall–Kier alpha value is -1.04. The summed E-state index contributed by atoms with van der Waals surface area (Å²) in [6.07, 6.45) is 6.47. The third-order valence-electron chi connectivity index (χ3n) is 25.3. The molecule has 32 unspecified atom stereocenters. The van der Waals surface area contributed by atoms with Gasteiger partial charge in [-0.3, -0.25) is 0 Å². The van der Waals surface area contributed by atoms with Crippen molar-refractivity contribution in [2.75, 3.05) is 0 Å². The number of hydrogen-bond donors (Lipinski definition) is 0. The van der Waals surface area contributed by atoms with Gasteiger partial charge in [-0.2, -0.15) is 0 Å². The van der Waals surface area contributed by atoms with Crippen LogP contribution in [0.1, 0.15) is 25.7 Å². The Morgan fingerprint density at radius 3 is 0.659 bits per heavy atom. The van der Waals surface area contributed by atoms with E-state index in [1.54, 1.807) is 25.7 Å². The molecule has 216 valence electrons. The van der Waals surface area contributed by atoms with E-state index in [-0.39, 0.29) is 0 Å². The highest BCUT2D eigenvalue weighted by atomic mass is 15.0. The number of rotatable bonds is 0. The highest BCUT2D eigenvalue weighted by Gasteiger charge is 2.95. The third kappa shape index (κ3) is 1.13. The van der Waals surface area contributed by atoms with Gasteiger partial charge in [0.15, 0.2) is 0 Å². The molecule has 0 saturated heterocycles. The second kappa shape index (κ2) is 4.66. The Kier molecular flexibility index (Phi) is 2.02. The van der Waals surface area contributed by atoms with Gasteiger partial charge in [0.25, 0.3) is 0 Å². The van der Waals surface area contributed by atoms with Gasteiger partial charge in [0.05, 0.1) is 0 Å². The van der Waals surface area contributed by atoms with E-state index in [0.717, 1.165) is 47.3 Å². The first-order valence-corrected chi connectivity index (χ1v) is 20.9. The fourth-order valence-electron chi connectivity index (χ4n) is 24.9. The second-order valence-corrected chi connectivity index (χ2v) is 22.9. The molecule has 0 aliphatic heterocycles. The quantitative estimate of drug-likeness (QED) is 0.284. The lowest BCUT2D eigenvalue weighted by Gasteiger charge is -2.98. The predicted octanol–water partition coefficient (Wildman–Crippen LogP) is 6.74. The van der Waals surface area contributed by atoms with Crippen LogP contribution in [0.4, 0.5) is 0 Å². The maximum absolute atomic E-state index is 2.11. The first kappa shape index (κ1) is 19.1. The molecule has 0 aromatic carbocycles. The Balaban J connectivity index is 0.583. The van der Waals surface area contributed by atoms with Crippen LogP contribution in [0.5, 0.6) is 0 Å². The zero-order chi connectivity index (χ0) is 25.9. The lowest BCUT2D eigenvalue weighted by Crippen LogP contribution is -2.94. The van der Waals surface area contributed by atoms with Crippen LogP contribution in [-0.4, -0.2) is 0 Å². The molecule has 0 radical (unpaired) electrons. The normalized spacial score (nSPS) is 87.3. The van der Waals surface area contributed by atoms with Crippen LogP contribution < -0.4 is 0 Å². The summed E-state index contributed by atoms with van der Waals surface area (Å²) in [5.41, 5.74) is 16.6. The van der Waals surface area contributed by atoms with Crippen molar-refractivity contribution in [1.82, 2.24) is 0 Å². The van der Waals surface area contributed by atoms with Crippen LogP contribution in [0.25, 0.3) is 0 Å². The molecule has 44 heavy (non-hydrogen) atoms. The SMILES string of the molecule is C1CC2C1C1C3=C(C4=C3C3C4C4C3C3C5C6=C(C7=C6C6C7C7C6C6C7C7C6C6C8C9C%10C%11C%12CCC%12C%11C%10C9C8C76)C5C43)C21. The lowest BCUT2D eigenvalue weighted by molar-refractivity contribution is -0.502. The summed E-state index contributed by atoms with van der Waals surface area (Å²) >= 11 is 0. The standard InChI is InChI=1S/C44H40/c1-2-6-5(1)9-10(6)14-13(9)17-18(14)22-21(17)25-26(22)30-29(25)33-34(30)38-37(33)41-42(38)44-40-36-32-28-24-20-16-12-8-4-3-7(8)11(12)15(16)19(20)23(24)27(28)31(32)35(36)39(40)43(41)44/h5-14,17-18,21-38,41-42H,1-4H2. The van der Waals surface area contributed by atoms with E-state index in [1.807, 2.05) is 11.1 Å². The molecule has 0 aromatic heterocycles. The predicted molar refractivity (Wildman–Crippen MR) is 158 cm³/mol. The van der Waals surface area contributed by atoms with Crippen molar-refractivity contribution < 1.29 is 0 Å². The van der Waals surface area contributed by atoms with Crippen LogP contribution in [0.15, 0.2) is 44.6 Å². The average Bonchev–Trinajstić information content (AvgIpc) is 2.93. The summed E-state index contributed by atoms with van der Waals surface area (Å²) in [6.45, 7) is 0. The van der Waals surface area contributed by atoms with Crippen molar-refractivity contribution in [3.63, 3.8) is 0 Å². The van der Waals surface area contributed by atoms with E-state index in [4.69, 9.17) is 0 Å². The third-order valence-corrected chi connectivity index (χ3v) is 25.3. The van der Waals surface area contributed by atoms with Crippen LogP contribution in [0, 0.1) is 189 Å². The van der Waals surface area contributed by atoms with Crippen LogP contribution in [0.2, 0.25) is 0 Å². The van der Waals surface area contributed by atoms with Crippen molar-refractivity contribution in [2.45, 2.75) is 25.7 Å². The van der Waals surface area contributed by atoms with Gasteiger partial charge >= 0.3 is 0 Å². The highest BCUT2D eigenvalue weighted by molar-refractivity contribution is 5.82. The molecule has 0 bridgehead atoms. The summed E-state index contributed by atoms with van der Waals surface area (Å²) in [6, 6.07) is 0. The van der Waals surface area contributed by atoms with Crippen molar-refractivity contribution >= 4 is 0 Å². The zero-order valence-corrected chi connectivity index (χ0v) is 25.3. The second-order valence-electron chi connectivity index (χ2n) is 22.9. The van der Waals surface area contributed by atoms with Crippen molar-refractivity contribution in [1.29, 1.82) is 0 Å². The first-order chi connectivity index (χ1) is 22.0. The smallest absolute Gasteiger partial charge is 0.00498 e. The largest absolute Gasteiger partial charge is 0.0496 e. The maximum atomic E-state index is 2.11. The zero-order valence-electron chi connectivity index (χ0n) is 25.3. The van der Waals surface area contributed by atoms with Crippen LogP contribution in [0.3, 0.4) is 0 Å². The van der Waals surface area contributed by atoms with Gasteiger partial charge in [-0.25, -0.2) is 0 Å². The maximum Gasteiger partial charge on any atom is -0.00498 e. The molecule has 0 N–H and O–H groups in total. The van der Waals surface area contributed by atoms with Gasteiger partial charge in [0, 0.05) is 0 Å². The van der Waals surface area contributed by atoms with Gasteiger partial charge in [-0.05, 0) is 260 Å². The number of allylic oxidation sites excluding steroid dienone is 8.